The minimum absolute atomic E-state index is 0.100. The Bertz CT molecular complexity index is 645. The molecule has 0 bridgehead atoms. The largest absolute Gasteiger partial charge is 0.480 e. The summed E-state index contributed by atoms with van der Waals surface area (Å²) >= 11 is 0. The van der Waals surface area contributed by atoms with Gasteiger partial charge in [0.05, 0.1) is 0 Å². The van der Waals surface area contributed by atoms with Crippen LogP contribution in [0.4, 0.5) is 0 Å². The molecule has 0 radical (unpaired) electrons. The third-order valence-corrected chi connectivity index (χ3v) is 2.91. The number of carboxylic acids is 1. The molecule has 0 spiro atoms. The average Bonchev–Trinajstić information content (AvgIpc) is 2.47. The van der Waals surface area contributed by atoms with Gasteiger partial charge in [0.1, 0.15) is 11.8 Å². The van der Waals surface area contributed by atoms with Crippen molar-refractivity contribution < 1.29 is 24.2 Å². The maximum atomic E-state index is 11.5. The van der Waals surface area contributed by atoms with E-state index in [0.717, 1.165) is 0 Å². The molecule has 0 fully saturated rings. The first-order valence-corrected chi connectivity index (χ1v) is 6.86. The zero-order chi connectivity index (χ0) is 17.6. The Morgan fingerprint density at radius 1 is 1.13 bits per heavy atom. The normalized spacial score (nSPS) is 11.2. The monoisotopic (exact) mass is 317 g/mol. The van der Waals surface area contributed by atoms with E-state index in [1.807, 2.05) is 0 Å². The molecule has 0 unspecified atom stereocenters. The highest BCUT2D eigenvalue weighted by Gasteiger charge is 2.20. The summed E-state index contributed by atoms with van der Waals surface area (Å²) in [5, 5.41) is 11.6. The van der Waals surface area contributed by atoms with Crippen LogP contribution < -0.4 is 10.1 Å². The Hall–Kier alpha value is -2.89. The molecule has 6 heteroatoms. The fraction of sp³-hybridized carbons (Fsp3) is 0.235. The van der Waals surface area contributed by atoms with Gasteiger partial charge >= 0.3 is 11.9 Å². The van der Waals surface area contributed by atoms with Crippen molar-refractivity contribution in [3.63, 3.8) is 0 Å². The lowest BCUT2D eigenvalue weighted by Gasteiger charge is -2.15. The number of carbonyl (C=O) groups is 3. The number of ether oxygens (including phenoxy) is 1. The molecule has 1 aromatic carbocycles. The van der Waals surface area contributed by atoms with Gasteiger partial charge in [0.15, 0.2) is 0 Å². The lowest BCUT2D eigenvalue weighted by Crippen LogP contribution is -2.42. The molecular formula is C17H19NO5. The van der Waals surface area contributed by atoms with E-state index < -0.39 is 23.9 Å². The SMILES string of the molecule is C=C(C)C(=O)N[C@@H](Cc1ccc(OC(=O)C(=C)C)cc1)C(=O)O. The van der Waals surface area contributed by atoms with Gasteiger partial charge in [-0.3, -0.25) is 4.79 Å². The Morgan fingerprint density at radius 3 is 2.13 bits per heavy atom. The Labute approximate surface area is 134 Å². The van der Waals surface area contributed by atoms with Gasteiger partial charge in [0.2, 0.25) is 5.91 Å². The van der Waals surface area contributed by atoms with Crippen molar-refractivity contribution in [2.75, 3.05) is 0 Å². The number of benzene rings is 1. The predicted octanol–water partition coefficient (Wildman–Crippen LogP) is 1.86. The molecular weight excluding hydrogens is 298 g/mol. The van der Waals surface area contributed by atoms with E-state index in [4.69, 9.17) is 4.74 Å². The van der Waals surface area contributed by atoms with E-state index in [1.165, 1.54) is 6.92 Å². The molecule has 0 aliphatic carbocycles. The number of esters is 1. The van der Waals surface area contributed by atoms with Gasteiger partial charge in [-0.1, -0.05) is 25.3 Å². The summed E-state index contributed by atoms with van der Waals surface area (Å²) in [4.78, 5) is 34.2. The number of aliphatic carboxylic acids is 1. The van der Waals surface area contributed by atoms with E-state index in [0.29, 0.717) is 11.3 Å². The van der Waals surface area contributed by atoms with Crippen LogP contribution in [0.2, 0.25) is 0 Å². The van der Waals surface area contributed by atoms with Crippen LogP contribution >= 0.6 is 0 Å². The van der Waals surface area contributed by atoms with Gasteiger partial charge in [-0.25, -0.2) is 9.59 Å². The minimum atomic E-state index is -1.14. The molecule has 23 heavy (non-hydrogen) atoms. The second-order valence-electron chi connectivity index (χ2n) is 5.16. The van der Waals surface area contributed by atoms with Crippen molar-refractivity contribution >= 4 is 17.8 Å². The third-order valence-electron chi connectivity index (χ3n) is 2.91. The third kappa shape index (κ3) is 5.78. The first kappa shape index (κ1) is 18.2. The van der Waals surface area contributed by atoms with Gasteiger partial charge in [-0.15, -0.1) is 0 Å². The molecule has 0 aliphatic rings. The zero-order valence-corrected chi connectivity index (χ0v) is 13.1. The topological polar surface area (TPSA) is 92.7 Å². The molecule has 6 nitrogen and oxygen atoms in total. The molecule has 1 aromatic rings. The number of nitrogens with one attached hydrogen (secondary N) is 1. The summed E-state index contributed by atoms with van der Waals surface area (Å²) in [5.41, 5.74) is 1.19. The first-order valence-electron chi connectivity index (χ1n) is 6.86. The maximum absolute atomic E-state index is 11.5. The van der Waals surface area contributed by atoms with Crippen LogP contribution in [0.3, 0.4) is 0 Å². The molecule has 0 aliphatic heterocycles. The highest BCUT2D eigenvalue weighted by atomic mass is 16.5. The van der Waals surface area contributed by atoms with Gasteiger partial charge in [-0.05, 0) is 31.5 Å². The van der Waals surface area contributed by atoms with Crippen LogP contribution in [0.15, 0.2) is 48.6 Å². The van der Waals surface area contributed by atoms with Crippen molar-refractivity contribution in [2.24, 2.45) is 0 Å². The average molecular weight is 317 g/mol. The molecule has 0 saturated heterocycles. The second kappa shape index (κ2) is 7.93. The quantitative estimate of drug-likeness (QED) is 0.455. The number of carboxylic acid groups (broad SMARTS) is 1. The molecule has 0 aromatic heterocycles. The van der Waals surface area contributed by atoms with Gasteiger partial charge in [0.25, 0.3) is 0 Å². The summed E-state index contributed by atoms with van der Waals surface area (Å²) in [6.07, 6.45) is 0.100. The van der Waals surface area contributed by atoms with Gasteiger partial charge < -0.3 is 15.2 Å². The highest BCUT2D eigenvalue weighted by Crippen LogP contribution is 2.15. The van der Waals surface area contributed by atoms with Crippen LogP contribution in [-0.4, -0.2) is 29.0 Å². The highest BCUT2D eigenvalue weighted by molar-refractivity contribution is 5.94. The number of rotatable bonds is 7. The number of amides is 1. The molecule has 0 saturated carbocycles. The molecule has 1 rings (SSSR count). The van der Waals surface area contributed by atoms with Crippen molar-refractivity contribution in [2.45, 2.75) is 26.3 Å². The minimum Gasteiger partial charge on any atom is -0.480 e. The Balaban J connectivity index is 2.76. The van der Waals surface area contributed by atoms with Crippen molar-refractivity contribution in [3.05, 3.63) is 54.1 Å². The van der Waals surface area contributed by atoms with Crippen LogP contribution in [0, 0.1) is 0 Å². The molecule has 0 heterocycles. The molecule has 1 atom stereocenters. The van der Waals surface area contributed by atoms with E-state index in [2.05, 4.69) is 18.5 Å². The van der Waals surface area contributed by atoms with Crippen molar-refractivity contribution in [1.82, 2.24) is 5.32 Å². The standard InChI is InChI=1S/C17H19NO5/c1-10(2)15(19)18-14(16(20)21)9-12-5-7-13(8-6-12)23-17(22)11(3)4/h5-8,14H,1,3,9H2,2,4H3,(H,18,19)(H,20,21)/t14-/m0/s1. The van der Waals surface area contributed by atoms with Crippen molar-refractivity contribution in [1.29, 1.82) is 0 Å². The number of hydrogen-bond donors (Lipinski definition) is 2. The van der Waals surface area contributed by atoms with Crippen LogP contribution in [0.25, 0.3) is 0 Å². The van der Waals surface area contributed by atoms with E-state index in [9.17, 15) is 19.5 Å². The van der Waals surface area contributed by atoms with Crippen LogP contribution in [0.5, 0.6) is 5.75 Å². The van der Waals surface area contributed by atoms with Gasteiger partial charge in [-0.2, -0.15) is 0 Å². The predicted molar refractivity (Wildman–Crippen MR) is 85.0 cm³/mol. The molecule has 2 N–H and O–H groups in total. The van der Waals surface area contributed by atoms with Crippen LogP contribution in [0.1, 0.15) is 19.4 Å². The van der Waals surface area contributed by atoms with E-state index in [-0.39, 0.29) is 17.6 Å². The summed E-state index contributed by atoms with van der Waals surface area (Å²) in [7, 11) is 0. The summed E-state index contributed by atoms with van der Waals surface area (Å²) < 4.78 is 5.04. The Morgan fingerprint density at radius 2 is 1.70 bits per heavy atom. The fourth-order valence-corrected chi connectivity index (χ4v) is 1.60. The number of carbonyl (C=O) groups excluding carboxylic acids is 2. The molecule has 122 valence electrons. The number of hydrogen-bond acceptors (Lipinski definition) is 4. The lowest BCUT2D eigenvalue weighted by molar-refractivity contribution is -0.141. The first-order chi connectivity index (χ1) is 10.7. The fourth-order valence-electron chi connectivity index (χ4n) is 1.60. The Kier molecular flexibility index (Phi) is 6.26. The summed E-state index contributed by atoms with van der Waals surface area (Å²) in [6, 6.07) is 5.29. The maximum Gasteiger partial charge on any atom is 0.338 e. The van der Waals surface area contributed by atoms with E-state index >= 15 is 0 Å². The lowest BCUT2D eigenvalue weighted by atomic mass is 10.1. The summed E-state index contributed by atoms with van der Waals surface area (Å²) in [6.45, 7) is 9.99. The zero-order valence-electron chi connectivity index (χ0n) is 13.1. The van der Waals surface area contributed by atoms with Crippen LogP contribution in [-0.2, 0) is 20.8 Å². The summed E-state index contributed by atoms with van der Waals surface area (Å²) in [5.74, 6) is -1.85. The van der Waals surface area contributed by atoms with Gasteiger partial charge in [0, 0.05) is 17.6 Å². The molecule has 1 amide bonds. The second-order valence-corrected chi connectivity index (χ2v) is 5.16. The smallest absolute Gasteiger partial charge is 0.338 e. The van der Waals surface area contributed by atoms with Crippen molar-refractivity contribution in [3.8, 4) is 5.75 Å². The van der Waals surface area contributed by atoms with E-state index in [1.54, 1.807) is 31.2 Å².